The topological polar surface area (TPSA) is 169 Å². The fourth-order valence-corrected chi connectivity index (χ4v) is 11.4. The van der Waals surface area contributed by atoms with E-state index in [-0.39, 0.29) is 40.7 Å². The maximum atomic E-state index is 15.7. The minimum atomic E-state index is -5.15. The van der Waals surface area contributed by atoms with Gasteiger partial charge in [-0.25, -0.2) is 27.0 Å². The largest absolute Gasteiger partial charge is 0.444 e. The number of nitrogens with zero attached hydrogens (tertiary/aromatic N) is 8. The van der Waals surface area contributed by atoms with E-state index in [0.29, 0.717) is 68.8 Å². The maximum absolute atomic E-state index is 15.7. The van der Waals surface area contributed by atoms with Crippen LogP contribution in [0.2, 0.25) is 0 Å². The number of carbonyl (C=O) groups excluding carboxylic acids is 2. The molecule has 368 valence electrons. The van der Waals surface area contributed by atoms with Gasteiger partial charge in [-0.15, -0.1) is 0 Å². The van der Waals surface area contributed by atoms with Crippen LogP contribution >= 0.6 is 11.3 Å². The van der Waals surface area contributed by atoms with Gasteiger partial charge in [0.2, 0.25) is 15.9 Å². The summed E-state index contributed by atoms with van der Waals surface area (Å²) in [6, 6.07) is 8.03. The molecule has 3 atom stereocenters. The van der Waals surface area contributed by atoms with Crippen molar-refractivity contribution in [1.29, 1.82) is 0 Å². The molecule has 6 aromatic rings. The van der Waals surface area contributed by atoms with Crippen LogP contribution in [0.25, 0.3) is 32.4 Å². The number of aromatic nitrogens is 6. The van der Waals surface area contributed by atoms with Crippen LogP contribution < -0.4 is 14.9 Å². The predicted octanol–water partition coefficient (Wildman–Crippen LogP) is 7.87. The number of hydrogen-bond acceptors (Lipinski definition) is 11. The number of aryl methyl sites for hydroxylation is 1. The molecule has 2 amide bonds. The van der Waals surface area contributed by atoms with Crippen LogP contribution in [0.5, 0.6) is 0 Å². The number of likely N-dealkylation sites (tertiary alicyclic amines) is 1. The molecular weight excluding hydrogens is 970 g/mol. The monoisotopic (exact) mass is 1010 g/mol. The summed E-state index contributed by atoms with van der Waals surface area (Å²) >= 11 is 1.32. The average molecular weight is 1010 g/mol. The Morgan fingerprint density at radius 3 is 2.31 bits per heavy atom. The molecule has 4 aromatic heterocycles. The molecule has 2 aliphatic carbocycles. The molecule has 0 unspecified atom stereocenters. The number of rotatable bonds is 10. The van der Waals surface area contributed by atoms with E-state index in [1.54, 1.807) is 36.2 Å². The molecule has 10 rings (SSSR count). The van der Waals surface area contributed by atoms with Gasteiger partial charge in [-0.05, 0) is 69.9 Å². The van der Waals surface area contributed by atoms with Gasteiger partial charge in [0.1, 0.15) is 35.4 Å². The van der Waals surface area contributed by atoms with Crippen LogP contribution in [0.4, 0.5) is 46.5 Å². The number of hydrogen-bond donors (Lipinski definition) is 2. The van der Waals surface area contributed by atoms with Gasteiger partial charge >= 0.3 is 18.2 Å². The zero-order valence-corrected chi connectivity index (χ0v) is 39.6. The van der Waals surface area contributed by atoms with Gasteiger partial charge in [0.05, 0.1) is 34.1 Å². The average Bonchev–Trinajstić information content (AvgIpc) is 3.93. The van der Waals surface area contributed by atoms with Crippen LogP contribution in [0, 0.1) is 34.8 Å². The van der Waals surface area contributed by atoms with Crippen molar-refractivity contribution >= 4 is 65.6 Å². The third kappa shape index (κ3) is 8.53. The summed E-state index contributed by atoms with van der Waals surface area (Å²) in [5.74, 6) is -5.40. The number of anilines is 2. The minimum Gasteiger partial charge on any atom is -0.444 e. The first-order chi connectivity index (χ1) is 32.8. The van der Waals surface area contributed by atoms with E-state index >= 15 is 8.78 Å². The highest BCUT2D eigenvalue weighted by molar-refractivity contribution is 7.92. The molecule has 2 aliphatic heterocycles. The van der Waals surface area contributed by atoms with Crippen molar-refractivity contribution < 1.29 is 53.5 Å². The van der Waals surface area contributed by atoms with Crippen LogP contribution in [-0.2, 0) is 51.7 Å². The second-order valence-corrected chi connectivity index (χ2v) is 22.1. The van der Waals surface area contributed by atoms with Crippen molar-refractivity contribution in [3.63, 3.8) is 0 Å². The van der Waals surface area contributed by atoms with Crippen LogP contribution in [0.15, 0.2) is 42.5 Å². The molecule has 4 aliphatic rings. The van der Waals surface area contributed by atoms with Crippen molar-refractivity contribution in [1.82, 2.24) is 39.7 Å². The van der Waals surface area contributed by atoms with Gasteiger partial charge in [-0.1, -0.05) is 35.3 Å². The number of nitrogens with one attached hydrogen (secondary N) is 2. The number of amides is 2. The Morgan fingerprint density at radius 1 is 0.986 bits per heavy atom. The summed E-state index contributed by atoms with van der Waals surface area (Å²) < 4.78 is 139. The van der Waals surface area contributed by atoms with E-state index in [9.17, 15) is 40.0 Å². The SMILES string of the molecule is Cn1nc(NS(C)(=O)=O)c2cccc(-c3cc4sc(N5CCC6(CC5)CN(C(=O)OC(C)(C)C)C6)nc4nc3[C@H](Cc3cc(F)cc(F)c3)NC(=O)Cn3nc(C(F)(F)F)c4c3C(F)(F)[C@@H]3C#C[C@H]43)c21. The maximum Gasteiger partial charge on any atom is 0.435 e. The van der Waals surface area contributed by atoms with Crippen LogP contribution in [0.3, 0.4) is 0 Å². The minimum absolute atomic E-state index is 0.00164. The van der Waals surface area contributed by atoms with Gasteiger partial charge < -0.3 is 19.9 Å². The number of piperidine rings is 1. The lowest BCUT2D eigenvalue weighted by molar-refractivity contribution is -0.142. The van der Waals surface area contributed by atoms with Crippen LogP contribution in [-0.4, -0.2) is 92.9 Å². The molecule has 0 bridgehead atoms. The van der Waals surface area contributed by atoms with E-state index in [4.69, 9.17) is 14.7 Å². The van der Waals surface area contributed by atoms with Gasteiger partial charge in [0.15, 0.2) is 22.3 Å². The highest BCUT2D eigenvalue weighted by atomic mass is 32.2. The molecule has 2 saturated heterocycles. The molecule has 0 saturated carbocycles. The molecule has 2 fully saturated rings. The lowest BCUT2D eigenvalue weighted by atomic mass is 9.72. The van der Waals surface area contributed by atoms with Crippen molar-refractivity contribution in [2.75, 3.05) is 42.1 Å². The Morgan fingerprint density at radius 2 is 1.69 bits per heavy atom. The Labute approximate surface area is 399 Å². The molecule has 2 N–H and O–H groups in total. The molecule has 1 spiro atoms. The number of para-hydroxylation sites is 1. The summed E-state index contributed by atoms with van der Waals surface area (Å²) in [4.78, 5) is 40.7. The number of alkyl halides is 5. The number of sulfonamides is 1. The van der Waals surface area contributed by atoms with Crippen molar-refractivity contribution in [3.05, 3.63) is 82.3 Å². The van der Waals surface area contributed by atoms with E-state index in [1.807, 2.05) is 20.8 Å². The number of pyridine rings is 1. The fraction of sp³-hybridized carbons (Fsp3) is 0.435. The van der Waals surface area contributed by atoms with Gasteiger partial charge in [-0.2, -0.15) is 37.1 Å². The third-order valence-corrected chi connectivity index (χ3v) is 14.6. The molecule has 70 heavy (non-hydrogen) atoms. The summed E-state index contributed by atoms with van der Waals surface area (Å²) in [6.45, 7) is 6.60. The van der Waals surface area contributed by atoms with E-state index in [1.165, 1.54) is 16.0 Å². The van der Waals surface area contributed by atoms with Crippen LogP contribution in [0.1, 0.15) is 73.8 Å². The molecule has 15 nitrogen and oxygen atoms in total. The number of halogens is 7. The molecular formula is C46H43F7N10O5S2. The van der Waals surface area contributed by atoms with Gasteiger partial charge in [-0.3, -0.25) is 18.9 Å². The summed E-state index contributed by atoms with van der Waals surface area (Å²) in [6.07, 6.45) is -3.43. The van der Waals surface area contributed by atoms with Gasteiger partial charge in [0.25, 0.3) is 0 Å². The normalized spacial score (nSPS) is 19.5. The second-order valence-electron chi connectivity index (χ2n) is 19.3. The molecule has 2 aromatic carbocycles. The lowest BCUT2D eigenvalue weighted by Gasteiger charge is -2.53. The standard InChI is InChI=1S/C46H43F7N10O5S2/c1-43(2,3)68-42(65)62-21-44(22-62)11-13-61(14-12-44)41-56-40-32(69-41)19-29(26-7-6-8-28-36(26)60(4)58-39(28)59-70(5,66)67)35(55-40)31(17-23-15-24(47)18-25(48)16-23)54-33(64)20-63-38-34(37(57-63)46(51,52)53)27-9-10-30(27)45(38,49)50/h6-8,15-16,18-19,27,30-31H,11-14,17,20-22H2,1-5H3,(H,54,64)(H,58,59)/t27-,30+,31-/m0/s1. The Hall–Kier alpha value is -6.48. The highest BCUT2D eigenvalue weighted by Crippen LogP contribution is 2.58. The van der Waals surface area contributed by atoms with Gasteiger partial charge in [0, 0.05) is 66.8 Å². The number of ether oxygens (including phenoxy) is 1. The first-order valence-electron chi connectivity index (χ1n) is 22.1. The summed E-state index contributed by atoms with van der Waals surface area (Å²) in [5, 5.41) is 11.6. The lowest BCUT2D eigenvalue weighted by Crippen LogP contribution is -2.62. The zero-order valence-electron chi connectivity index (χ0n) is 38.0. The first-order valence-corrected chi connectivity index (χ1v) is 24.8. The second kappa shape index (κ2) is 16.3. The number of fused-ring (bicyclic) bond motifs is 5. The number of benzene rings is 2. The Kier molecular flexibility index (Phi) is 11.0. The van der Waals surface area contributed by atoms with Crippen molar-refractivity contribution in [2.45, 2.75) is 76.2 Å². The van der Waals surface area contributed by atoms with E-state index < -0.39 is 86.6 Å². The zero-order chi connectivity index (χ0) is 50.0. The summed E-state index contributed by atoms with van der Waals surface area (Å²) in [5.41, 5.74) is -2.77. The quantitative estimate of drug-likeness (QED) is 0.102. The number of carbonyl (C=O) groups is 2. The fourth-order valence-electron chi connectivity index (χ4n) is 9.93. The van der Waals surface area contributed by atoms with Crippen molar-refractivity contribution in [2.24, 2.45) is 18.4 Å². The molecule has 0 radical (unpaired) electrons. The number of thiazole rings is 1. The smallest absolute Gasteiger partial charge is 0.435 e. The highest BCUT2D eigenvalue weighted by Gasteiger charge is 2.62. The predicted molar refractivity (Wildman–Crippen MR) is 243 cm³/mol. The Balaban J connectivity index is 1.05. The Bertz CT molecular complexity index is 3320. The third-order valence-electron chi connectivity index (χ3n) is 13.0. The van der Waals surface area contributed by atoms with Crippen molar-refractivity contribution in [3.8, 4) is 23.0 Å². The van der Waals surface area contributed by atoms with E-state index in [2.05, 4.69) is 37.0 Å². The summed E-state index contributed by atoms with van der Waals surface area (Å²) in [7, 11) is -2.24. The molecule has 6 heterocycles. The van der Waals surface area contributed by atoms with E-state index in [0.717, 1.165) is 31.2 Å². The first kappa shape index (κ1) is 47.2. The molecule has 24 heteroatoms.